The van der Waals surface area contributed by atoms with Gasteiger partial charge in [-0.25, -0.2) is 0 Å². The van der Waals surface area contributed by atoms with Gasteiger partial charge in [0.25, 0.3) is 0 Å². The van der Waals surface area contributed by atoms with Crippen molar-refractivity contribution in [1.29, 1.82) is 0 Å². The average Bonchev–Trinajstić information content (AvgIpc) is 2.83. The van der Waals surface area contributed by atoms with E-state index < -0.39 is 35.5 Å². The molecule has 2 atom stereocenters. The summed E-state index contributed by atoms with van der Waals surface area (Å²) in [6.45, 7) is 12.0. The third-order valence-electron chi connectivity index (χ3n) is 5.75. The van der Waals surface area contributed by atoms with Crippen LogP contribution in [0.3, 0.4) is 0 Å². The minimum absolute atomic E-state index is 0.00344. The first-order valence-corrected chi connectivity index (χ1v) is 12.7. The highest BCUT2D eigenvalue weighted by atomic mass is 35.5. The molecule has 9 heteroatoms. The van der Waals surface area contributed by atoms with Crippen molar-refractivity contribution in [1.82, 2.24) is 0 Å². The first kappa shape index (κ1) is 30.8. The van der Waals surface area contributed by atoms with Crippen molar-refractivity contribution in [2.24, 2.45) is 0 Å². The molecule has 0 fully saturated rings. The van der Waals surface area contributed by atoms with Crippen LogP contribution in [-0.2, 0) is 38.7 Å². The molecule has 1 aliphatic carbocycles. The zero-order valence-corrected chi connectivity index (χ0v) is 23.7. The number of hydrogen-bond donors (Lipinski definition) is 0. The molecular weight excluding hydrogens is 512 g/mol. The van der Waals surface area contributed by atoms with E-state index in [9.17, 15) is 14.4 Å². The maximum Gasteiger partial charge on any atom is 0.303 e. The summed E-state index contributed by atoms with van der Waals surface area (Å²) in [5.74, 6) is -0.0826. The predicted octanol–water partition coefficient (Wildman–Crippen LogP) is 4.86. The molecule has 1 aliphatic rings. The van der Waals surface area contributed by atoms with Gasteiger partial charge in [-0.3, -0.25) is 14.4 Å². The summed E-state index contributed by atoms with van der Waals surface area (Å²) in [4.78, 5) is 33.7. The number of ether oxygens (including phenoxy) is 5. The van der Waals surface area contributed by atoms with Gasteiger partial charge in [-0.1, -0.05) is 31.7 Å². The van der Waals surface area contributed by atoms with E-state index in [2.05, 4.69) is 25.3 Å². The highest BCUT2D eigenvalue weighted by molar-refractivity contribution is 6.18. The van der Waals surface area contributed by atoms with Crippen molar-refractivity contribution in [2.75, 3.05) is 25.7 Å². The van der Waals surface area contributed by atoms with E-state index in [1.807, 2.05) is 38.1 Å². The molecule has 206 valence electrons. The van der Waals surface area contributed by atoms with E-state index in [1.165, 1.54) is 20.8 Å². The van der Waals surface area contributed by atoms with Gasteiger partial charge in [-0.15, -0.1) is 11.6 Å². The molecule has 0 saturated heterocycles. The van der Waals surface area contributed by atoms with Crippen LogP contribution in [0.4, 0.5) is 0 Å². The van der Waals surface area contributed by atoms with Crippen LogP contribution in [0.5, 0.6) is 5.75 Å². The van der Waals surface area contributed by atoms with E-state index in [0.717, 1.165) is 22.3 Å². The van der Waals surface area contributed by atoms with Crippen LogP contribution >= 0.6 is 11.6 Å². The molecular formula is C29H35ClO8. The maximum absolute atomic E-state index is 11.4. The fourth-order valence-electron chi connectivity index (χ4n) is 3.65. The van der Waals surface area contributed by atoms with E-state index in [4.69, 9.17) is 35.3 Å². The van der Waals surface area contributed by atoms with Gasteiger partial charge in [0, 0.05) is 37.3 Å². The van der Waals surface area contributed by atoms with Crippen molar-refractivity contribution >= 4 is 29.5 Å². The molecule has 0 heterocycles. The van der Waals surface area contributed by atoms with E-state index in [1.54, 1.807) is 0 Å². The average molecular weight is 547 g/mol. The summed E-state index contributed by atoms with van der Waals surface area (Å²) >= 11 is 5.86. The van der Waals surface area contributed by atoms with Gasteiger partial charge in [0.05, 0.1) is 5.88 Å². The Morgan fingerprint density at radius 3 is 2.08 bits per heavy atom. The van der Waals surface area contributed by atoms with Gasteiger partial charge in [0.15, 0.2) is 11.9 Å². The van der Waals surface area contributed by atoms with Gasteiger partial charge in [-0.2, -0.15) is 0 Å². The fourth-order valence-corrected chi connectivity index (χ4v) is 3.80. The van der Waals surface area contributed by atoms with Crippen molar-refractivity contribution < 1.29 is 38.1 Å². The molecule has 0 aliphatic heterocycles. The molecule has 1 aromatic rings. The highest BCUT2D eigenvalue weighted by Crippen LogP contribution is 2.36. The third-order valence-corrected chi connectivity index (χ3v) is 6.09. The van der Waals surface area contributed by atoms with Crippen LogP contribution in [0.2, 0.25) is 0 Å². The third kappa shape index (κ3) is 9.14. The first-order chi connectivity index (χ1) is 17.8. The number of carbonyl (C=O) groups excluding carboxylic acids is 3. The zero-order chi connectivity index (χ0) is 28.5. The molecule has 0 amide bonds. The summed E-state index contributed by atoms with van der Waals surface area (Å²) in [7, 11) is 0. The van der Waals surface area contributed by atoms with Crippen LogP contribution < -0.4 is 4.74 Å². The van der Waals surface area contributed by atoms with Gasteiger partial charge in [0.2, 0.25) is 0 Å². The summed E-state index contributed by atoms with van der Waals surface area (Å²) in [5.41, 5.74) is 9.56. The number of allylic oxidation sites excluding steroid dienone is 3. The molecule has 0 aromatic heterocycles. The lowest BCUT2D eigenvalue weighted by atomic mass is 9.76. The SMILES string of the molecule is CC(=O)OC[C@@H](COC1=C=C=C(C(C)(C)c2ccc(OC[C@@H](CCl)OC(C)=O)c(C)c2)C=C1C)OC(C)=O. The topological polar surface area (TPSA) is 97.4 Å². The van der Waals surface area contributed by atoms with E-state index in [-0.39, 0.29) is 25.7 Å². The van der Waals surface area contributed by atoms with Crippen molar-refractivity contribution in [2.45, 2.75) is 66.1 Å². The molecule has 8 nitrogen and oxygen atoms in total. The number of aryl methyl sites for hydroxylation is 1. The second-order valence-corrected chi connectivity index (χ2v) is 9.78. The minimum atomic E-state index is -0.738. The second kappa shape index (κ2) is 13.9. The monoisotopic (exact) mass is 546 g/mol. The Kier molecular flexibility index (Phi) is 11.3. The Hall–Kier alpha value is -3.44. The van der Waals surface area contributed by atoms with Gasteiger partial charge < -0.3 is 23.7 Å². The lowest BCUT2D eigenvalue weighted by Crippen LogP contribution is -2.28. The lowest BCUT2D eigenvalue weighted by Gasteiger charge is -2.28. The number of benzene rings is 1. The van der Waals surface area contributed by atoms with Gasteiger partial charge in [-0.05, 0) is 42.8 Å². The summed E-state index contributed by atoms with van der Waals surface area (Å²) in [6, 6.07) is 5.91. The van der Waals surface area contributed by atoms with Crippen LogP contribution in [0, 0.1) is 6.92 Å². The van der Waals surface area contributed by atoms with Crippen molar-refractivity contribution in [3.63, 3.8) is 0 Å². The Bertz CT molecular complexity index is 1180. The quantitative estimate of drug-likeness (QED) is 0.150. The Labute approximate surface area is 228 Å². The van der Waals surface area contributed by atoms with Gasteiger partial charge >= 0.3 is 17.9 Å². The molecule has 0 unspecified atom stereocenters. The van der Waals surface area contributed by atoms with Gasteiger partial charge in [0.1, 0.15) is 31.7 Å². The normalized spacial score (nSPS) is 14.4. The largest absolute Gasteiger partial charge is 0.489 e. The summed E-state index contributed by atoms with van der Waals surface area (Å²) in [6.07, 6.45) is 0.713. The molecule has 38 heavy (non-hydrogen) atoms. The van der Waals surface area contributed by atoms with Crippen LogP contribution in [-0.4, -0.2) is 55.8 Å². The van der Waals surface area contributed by atoms with Crippen LogP contribution in [0.1, 0.15) is 52.7 Å². The van der Waals surface area contributed by atoms with E-state index >= 15 is 0 Å². The summed E-state index contributed by atoms with van der Waals surface area (Å²) < 4.78 is 26.9. The molecule has 1 aromatic carbocycles. The van der Waals surface area contributed by atoms with E-state index in [0.29, 0.717) is 11.5 Å². The number of alkyl halides is 1. The Balaban J connectivity index is 2.18. The number of halogens is 1. The number of rotatable bonds is 13. The molecule has 0 N–H and O–H groups in total. The molecule has 0 radical (unpaired) electrons. The van der Waals surface area contributed by atoms with Crippen molar-refractivity contribution in [3.05, 3.63) is 63.8 Å². The van der Waals surface area contributed by atoms with Crippen molar-refractivity contribution in [3.8, 4) is 5.75 Å². The fraction of sp³-hybridized carbons (Fsp3) is 0.483. The maximum atomic E-state index is 11.4. The summed E-state index contributed by atoms with van der Waals surface area (Å²) in [5, 5.41) is 0. The first-order valence-electron chi connectivity index (χ1n) is 12.2. The molecule has 0 bridgehead atoms. The molecule has 0 saturated carbocycles. The number of carbonyl (C=O) groups is 3. The highest BCUT2D eigenvalue weighted by Gasteiger charge is 2.27. The smallest absolute Gasteiger partial charge is 0.303 e. The standard InChI is InChI=1S/C29H35ClO8/c1-18-12-23(8-10-27(18)35-15-25(14-30)37-21(4)32)29(6,7)24-9-11-28(19(2)13-24)36-17-26(38-22(5)33)16-34-20(3)31/h8,10,12-13,25-26H,14-17H2,1-7H3/t25-,26+/m1/s1. The number of esters is 3. The second-order valence-electron chi connectivity index (χ2n) is 9.47. The minimum Gasteiger partial charge on any atom is -0.489 e. The number of hydrogen-bond acceptors (Lipinski definition) is 8. The lowest BCUT2D eigenvalue weighted by molar-refractivity contribution is -0.158. The Morgan fingerprint density at radius 2 is 1.53 bits per heavy atom. The zero-order valence-electron chi connectivity index (χ0n) is 22.9. The van der Waals surface area contributed by atoms with Crippen LogP contribution in [0.25, 0.3) is 0 Å². The predicted molar refractivity (Wildman–Crippen MR) is 142 cm³/mol. The molecule has 2 rings (SSSR count). The Morgan fingerprint density at radius 1 is 0.895 bits per heavy atom. The van der Waals surface area contributed by atoms with Crippen LogP contribution in [0.15, 0.2) is 52.6 Å². The molecule has 0 spiro atoms.